The van der Waals surface area contributed by atoms with Gasteiger partial charge in [0.1, 0.15) is 6.61 Å². The molecule has 0 aliphatic heterocycles. The Balaban J connectivity index is 1.85. The van der Waals surface area contributed by atoms with Crippen molar-refractivity contribution in [3.63, 3.8) is 0 Å². The van der Waals surface area contributed by atoms with Gasteiger partial charge in [-0.15, -0.1) is 6.42 Å². The molecule has 0 bridgehead atoms. The van der Waals surface area contributed by atoms with E-state index in [1.165, 1.54) is 13.3 Å². The number of anilines is 1. The second-order valence-corrected chi connectivity index (χ2v) is 6.59. The first-order chi connectivity index (χ1) is 14.0. The second kappa shape index (κ2) is 11.5. The topological polar surface area (TPSA) is 89.0 Å². The average Bonchev–Trinajstić information content (AvgIpc) is 2.72. The molecule has 2 N–H and O–H groups in total. The number of hydrogen-bond donors (Lipinski definition) is 2. The van der Waals surface area contributed by atoms with Gasteiger partial charge < -0.3 is 14.8 Å². The summed E-state index contributed by atoms with van der Waals surface area (Å²) in [6.45, 7) is 0.107. The van der Waals surface area contributed by atoms with Crippen LogP contribution in [0.3, 0.4) is 0 Å². The van der Waals surface area contributed by atoms with Crippen LogP contribution in [-0.4, -0.2) is 31.7 Å². The molecule has 2 rings (SSSR count). The maximum absolute atomic E-state index is 11.9. The van der Waals surface area contributed by atoms with Gasteiger partial charge in [0.2, 0.25) is 11.8 Å². The van der Waals surface area contributed by atoms with Crippen LogP contribution in [0.1, 0.15) is 18.4 Å². The molecule has 0 fully saturated rings. The molecule has 0 saturated heterocycles. The number of halogens is 1. The van der Waals surface area contributed by atoms with E-state index in [2.05, 4.69) is 37.7 Å². The minimum Gasteiger partial charge on any atom is -0.493 e. The Kier molecular flexibility index (Phi) is 8.73. The fraction of sp³-hybridized carbons (Fsp3) is 0.190. The lowest BCUT2D eigenvalue weighted by molar-refractivity contribution is -0.124. The molecule has 0 atom stereocenters. The van der Waals surface area contributed by atoms with Gasteiger partial charge in [-0.05, 0) is 45.8 Å². The van der Waals surface area contributed by atoms with E-state index in [1.807, 2.05) is 18.2 Å². The van der Waals surface area contributed by atoms with E-state index < -0.39 is 0 Å². The summed E-state index contributed by atoms with van der Waals surface area (Å²) in [5.74, 6) is 2.73. The molecule has 0 aromatic heterocycles. The van der Waals surface area contributed by atoms with Crippen molar-refractivity contribution in [3.05, 3.63) is 52.5 Å². The molecule has 29 heavy (non-hydrogen) atoms. The minimum absolute atomic E-state index is 0.0158. The first kappa shape index (κ1) is 22.0. The summed E-state index contributed by atoms with van der Waals surface area (Å²) in [6.07, 6.45) is 6.73. The molecule has 0 aliphatic rings. The summed E-state index contributed by atoms with van der Waals surface area (Å²) >= 11 is 3.39. The normalized spacial score (nSPS) is 10.2. The summed E-state index contributed by atoms with van der Waals surface area (Å²) in [4.78, 5) is 23.7. The molecule has 0 unspecified atom stereocenters. The molecule has 2 aromatic carbocycles. The minimum atomic E-state index is -0.371. The molecule has 2 aromatic rings. The Hall–Kier alpha value is -3.31. The van der Waals surface area contributed by atoms with Crippen molar-refractivity contribution in [2.45, 2.75) is 12.8 Å². The number of nitrogens with one attached hydrogen (secondary N) is 2. The SMILES string of the molecule is C#CCOc1c(Br)cc(C=NNC(=O)CCC(=O)Nc2ccccc2)cc1OC. The predicted molar refractivity (Wildman–Crippen MR) is 115 cm³/mol. The van der Waals surface area contributed by atoms with E-state index in [-0.39, 0.29) is 31.3 Å². The molecule has 0 radical (unpaired) electrons. The van der Waals surface area contributed by atoms with Crippen LogP contribution in [0, 0.1) is 12.3 Å². The van der Waals surface area contributed by atoms with E-state index in [1.54, 1.807) is 24.3 Å². The van der Waals surface area contributed by atoms with Gasteiger partial charge >= 0.3 is 0 Å². The van der Waals surface area contributed by atoms with E-state index in [9.17, 15) is 9.59 Å². The van der Waals surface area contributed by atoms with Crippen LogP contribution in [0.5, 0.6) is 11.5 Å². The fourth-order valence-corrected chi connectivity index (χ4v) is 2.85. The number of ether oxygens (including phenoxy) is 2. The summed E-state index contributed by atoms with van der Waals surface area (Å²) in [6, 6.07) is 12.5. The Labute approximate surface area is 177 Å². The van der Waals surface area contributed by atoms with Crippen LogP contribution in [0.25, 0.3) is 0 Å². The van der Waals surface area contributed by atoms with Crippen LogP contribution in [-0.2, 0) is 9.59 Å². The van der Waals surface area contributed by atoms with Gasteiger partial charge in [0.15, 0.2) is 11.5 Å². The zero-order valence-electron chi connectivity index (χ0n) is 15.8. The molecule has 0 aliphatic carbocycles. The summed E-state index contributed by atoms with van der Waals surface area (Å²) in [7, 11) is 1.51. The molecule has 8 heteroatoms. The highest BCUT2D eigenvalue weighted by Crippen LogP contribution is 2.36. The molecular formula is C21H20BrN3O4. The van der Waals surface area contributed by atoms with Crippen LogP contribution in [0.2, 0.25) is 0 Å². The number of rotatable bonds is 9. The number of hydrazone groups is 1. The van der Waals surface area contributed by atoms with Gasteiger partial charge in [-0.2, -0.15) is 5.10 Å². The molecule has 0 spiro atoms. The van der Waals surface area contributed by atoms with Gasteiger partial charge in [-0.1, -0.05) is 24.1 Å². The second-order valence-electron chi connectivity index (χ2n) is 5.73. The summed E-state index contributed by atoms with van der Waals surface area (Å²) in [5.41, 5.74) is 3.75. The van der Waals surface area contributed by atoms with Gasteiger partial charge in [-0.25, -0.2) is 5.43 Å². The van der Waals surface area contributed by atoms with Crippen molar-refractivity contribution in [1.82, 2.24) is 5.43 Å². The summed E-state index contributed by atoms with van der Waals surface area (Å²) in [5, 5.41) is 6.62. The maximum atomic E-state index is 11.9. The largest absolute Gasteiger partial charge is 0.493 e. The predicted octanol–water partition coefficient (Wildman–Crippen LogP) is 3.34. The fourth-order valence-electron chi connectivity index (χ4n) is 2.27. The molecule has 150 valence electrons. The van der Waals surface area contributed by atoms with Crippen molar-refractivity contribution >= 4 is 39.6 Å². The smallest absolute Gasteiger partial charge is 0.240 e. The number of amides is 2. The Morgan fingerprint density at radius 3 is 2.62 bits per heavy atom. The van der Waals surface area contributed by atoms with Crippen LogP contribution < -0.4 is 20.2 Å². The molecular weight excluding hydrogens is 438 g/mol. The van der Waals surface area contributed by atoms with E-state index in [0.29, 0.717) is 27.2 Å². The molecule has 7 nitrogen and oxygen atoms in total. The average molecular weight is 458 g/mol. The summed E-state index contributed by atoms with van der Waals surface area (Å²) < 4.78 is 11.4. The van der Waals surface area contributed by atoms with Crippen molar-refractivity contribution in [1.29, 1.82) is 0 Å². The quantitative estimate of drug-likeness (QED) is 0.343. The highest BCUT2D eigenvalue weighted by atomic mass is 79.9. The standard InChI is InChI=1S/C21H20BrN3O4/c1-3-11-29-21-17(22)12-15(13-18(21)28-2)14-23-25-20(27)10-9-19(26)24-16-7-5-4-6-8-16/h1,4-8,12-14H,9-11H2,2H3,(H,24,26)(H,25,27). The Bertz CT molecular complexity index is 924. The van der Waals surface area contributed by atoms with E-state index in [4.69, 9.17) is 15.9 Å². The lowest BCUT2D eigenvalue weighted by atomic mass is 10.2. The zero-order valence-corrected chi connectivity index (χ0v) is 17.4. The number of methoxy groups -OCH3 is 1. The monoisotopic (exact) mass is 457 g/mol. The number of carbonyl (C=O) groups is 2. The zero-order chi connectivity index (χ0) is 21.1. The molecule has 2 amide bonds. The number of nitrogens with zero attached hydrogens (tertiary/aromatic N) is 1. The first-order valence-corrected chi connectivity index (χ1v) is 9.43. The van der Waals surface area contributed by atoms with Gasteiger partial charge in [0.25, 0.3) is 0 Å². The number of carbonyl (C=O) groups excluding carboxylic acids is 2. The van der Waals surface area contributed by atoms with Crippen LogP contribution >= 0.6 is 15.9 Å². The van der Waals surface area contributed by atoms with Crippen molar-refractivity contribution in [2.24, 2.45) is 5.10 Å². The third-order valence-corrected chi connectivity index (χ3v) is 4.18. The third kappa shape index (κ3) is 7.31. The molecule has 0 saturated carbocycles. The number of benzene rings is 2. The Morgan fingerprint density at radius 1 is 1.21 bits per heavy atom. The van der Waals surface area contributed by atoms with Crippen molar-refractivity contribution in [3.8, 4) is 23.8 Å². The van der Waals surface area contributed by atoms with E-state index in [0.717, 1.165) is 0 Å². The maximum Gasteiger partial charge on any atom is 0.240 e. The number of para-hydroxylation sites is 1. The lowest BCUT2D eigenvalue weighted by Crippen LogP contribution is -2.20. The van der Waals surface area contributed by atoms with Gasteiger partial charge in [0, 0.05) is 18.5 Å². The first-order valence-electron chi connectivity index (χ1n) is 8.64. The van der Waals surface area contributed by atoms with Crippen LogP contribution in [0.4, 0.5) is 5.69 Å². The van der Waals surface area contributed by atoms with Gasteiger partial charge in [0.05, 0.1) is 17.8 Å². The van der Waals surface area contributed by atoms with Crippen molar-refractivity contribution < 1.29 is 19.1 Å². The van der Waals surface area contributed by atoms with Crippen molar-refractivity contribution in [2.75, 3.05) is 19.0 Å². The van der Waals surface area contributed by atoms with Gasteiger partial charge in [-0.3, -0.25) is 9.59 Å². The number of terminal acetylenes is 1. The number of hydrogen-bond acceptors (Lipinski definition) is 5. The Morgan fingerprint density at radius 2 is 1.93 bits per heavy atom. The third-order valence-electron chi connectivity index (χ3n) is 3.59. The molecule has 0 heterocycles. The lowest BCUT2D eigenvalue weighted by Gasteiger charge is -2.11. The highest BCUT2D eigenvalue weighted by molar-refractivity contribution is 9.10. The van der Waals surface area contributed by atoms with Crippen LogP contribution in [0.15, 0.2) is 52.0 Å². The van der Waals surface area contributed by atoms with E-state index >= 15 is 0 Å². The highest BCUT2D eigenvalue weighted by Gasteiger charge is 2.11.